The molecule has 2 rings (SSSR count). The molecule has 1 saturated heterocycles. The van der Waals surface area contributed by atoms with E-state index in [4.69, 9.17) is 28.6 Å². The number of nitrogens with one attached hydrogen (secondary N) is 2. The summed E-state index contributed by atoms with van der Waals surface area (Å²) in [6.07, 6.45) is 6.98. The van der Waals surface area contributed by atoms with Crippen molar-refractivity contribution in [3.63, 3.8) is 0 Å². The lowest BCUT2D eigenvalue weighted by Crippen LogP contribution is -2.39. The predicted molar refractivity (Wildman–Crippen MR) is 79.4 cm³/mol. The molecule has 0 spiro atoms. The van der Waals surface area contributed by atoms with E-state index in [2.05, 4.69) is 15.7 Å². The Bertz CT molecular complexity index is 406. The van der Waals surface area contributed by atoms with Crippen LogP contribution < -0.4 is 10.6 Å². The normalized spacial score (nSPS) is 18.5. The molecule has 0 aromatic carbocycles. The molecule has 7 heteroatoms. The van der Waals surface area contributed by atoms with Crippen LogP contribution in [0.15, 0.2) is 12.4 Å². The third-order valence-electron chi connectivity index (χ3n) is 2.97. The van der Waals surface area contributed by atoms with Gasteiger partial charge in [-0.2, -0.15) is 5.10 Å². The van der Waals surface area contributed by atoms with Crippen molar-refractivity contribution in [2.24, 2.45) is 0 Å². The number of hydrogen-bond donors (Lipinski definition) is 2. The zero-order chi connectivity index (χ0) is 13.5. The third kappa shape index (κ3) is 5.34. The van der Waals surface area contributed by atoms with Crippen LogP contribution in [0.1, 0.15) is 19.3 Å². The minimum atomic E-state index is 0.311. The Morgan fingerprint density at radius 2 is 2.47 bits per heavy atom. The summed E-state index contributed by atoms with van der Waals surface area (Å²) in [6.45, 7) is 3.31. The fraction of sp³-hybridized carbons (Fsp3) is 0.667. The van der Waals surface area contributed by atoms with E-state index in [0.29, 0.717) is 16.2 Å². The largest absolute Gasteiger partial charge is 0.376 e. The first kappa shape index (κ1) is 14.6. The van der Waals surface area contributed by atoms with Crippen molar-refractivity contribution in [2.45, 2.75) is 31.9 Å². The lowest BCUT2D eigenvalue weighted by molar-refractivity contribution is 0.114. The van der Waals surface area contributed by atoms with Crippen molar-refractivity contribution in [1.29, 1.82) is 0 Å². The van der Waals surface area contributed by atoms with Crippen molar-refractivity contribution >= 4 is 28.9 Å². The average molecular weight is 303 g/mol. The van der Waals surface area contributed by atoms with E-state index in [1.807, 2.05) is 10.9 Å². The molecule has 1 aliphatic heterocycles. The van der Waals surface area contributed by atoms with E-state index in [0.717, 1.165) is 45.5 Å². The molecule has 0 saturated carbocycles. The molecule has 2 heterocycles. The van der Waals surface area contributed by atoms with Gasteiger partial charge in [-0.3, -0.25) is 4.68 Å². The van der Waals surface area contributed by atoms with Crippen LogP contribution in [0.2, 0.25) is 5.02 Å². The van der Waals surface area contributed by atoms with Gasteiger partial charge in [0.1, 0.15) is 0 Å². The second-order valence-corrected chi connectivity index (χ2v) is 5.39. The molecule has 1 atom stereocenters. The number of hydrogen-bond acceptors (Lipinski definition) is 3. The molecule has 0 radical (unpaired) electrons. The Hall–Kier alpha value is -0.850. The summed E-state index contributed by atoms with van der Waals surface area (Å²) in [5, 5.41) is 11.8. The second kappa shape index (κ2) is 7.67. The topological polar surface area (TPSA) is 51.1 Å². The standard InChI is InChI=1S/C12H19ClN4OS/c13-10-7-16-17(9-10)5-2-4-14-12(19)15-8-11-3-1-6-18-11/h7,9,11H,1-6,8H2,(H2,14,15,19). The Labute approximate surface area is 123 Å². The molecular formula is C12H19ClN4OS. The summed E-state index contributed by atoms with van der Waals surface area (Å²) in [6, 6.07) is 0. The molecule has 1 aromatic heterocycles. The van der Waals surface area contributed by atoms with Gasteiger partial charge in [-0.1, -0.05) is 11.6 Å². The van der Waals surface area contributed by atoms with Gasteiger partial charge in [-0.25, -0.2) is 0 Å². The van der Waals surface area contributed by atoms with E-state index < -0.39 is 0 Å². The molecule has 0 aliphatic carbocycles. The first-order chi connectivity index (χ1) is 9.24. The Morgan fingerprint density at radius 3 is 3.16 bits per heavy atom. The molecule has 19 heavy (non-hydrogen) atoms. The van der Waals surface area contributed by atoms with Crippen molar-refractivity contribution in [1.82, 2.24) is 20.4 Å². The first-order valence-electron chi connectivity index (χ1n) is 6.55. The molecule has 5 nitrogen and oxygen atoms in total. The quantitative estimate of drug-likeness (QED) is 0.617. The Balaban J connectivity index is 1.51. The number of aryl methyl sites for hydroxylation is 1. The van der Waals surface area contributed by atoms with E-state index in [-0.39, 0.29) is 0 Å². The molecule has 106 valence electrons. The Morgan fingerprint density at radius 1 is 1.58 bits per heavy atom. The average Bonchev–Trinajstić information content (AvgIpc) is 3.04. The zero-order valence-electron chi connectivity index (χ0n) is 10.8. The van der Waals surface area contributed by atoms with Crippen LogP contribution in [0.4, 0.5) is 0 Å². The fourth-order valence-corrected chi connectivity index (χ4v) is 2.32. The van der Waals surface area contributed by atoms with Crippen LogP contribution in [0.25, 0.3) is 0 Å². The van der Waals surface area contributed by atoms with Gasteiger partial charge < -0.3 is 15.4 Å². The molecular weight excluding hydrogens is 284 g/mol. The molecule has 1 aliphatic rings. The van der Waals surface area contributed by atoms with Crippen LogP contribution in [0.5, 0.6) is 0 Å². The molecule has 1 aromatic rings. The first-order valence-corrected chi connectivity index (χ1v) is 7.34. The highest BCUT2D eigenvalue weighted by atomic mass is 35.5. The van der Waals surface area contributed by atoms with E-state index in [1.54, 1.807) is 6.20 Å². The van der Waals surface area contributed by atoms with Crippen LogP contribution >= 0.6 is 23.8 Å². The second-order valence-electron chi connectivity index (χ2n) is 4.55. The maximum absolute atomic E-state index is 5.79. The van der Waals surface area contributed by atoms with E-state index in [1.165, 1.54) is 0 Å². The maximum Gasteiger partial charge on any atom is 0.166 e. The van der Waals surface area contributed by atoms with Gasteiger partial charge in [0.05, 0.1) is 17.3 Å². The summed E-state index contributed by atoms with van der Waals surface area (Å²) in [5.74, 6) is 0. The third-order valence-corrected chi connectivity index (χ3v) is 3.45. The van der Waals surface area contributed by atoms with E-state index >= 15 is 0 Å². The summed E-state index contributed by atoms with van der Waals surface area (Å²) < 4.78 is 7.34. The summed E-state index contributed by atoms with van der Waals surface area (Å²) in [4.78, 5) is 0. The zero-order valence-corrected chi connectivity index (χ0v) is 12.3. The summed E-state index contributed by atoms with van der Waals surface area (Å²) in [7, 11) is 0. The maximum atomic E-state index is 5.79. The number of ether oxygens (including phenoxy) is 1. The van der Waals surface area contributed by atoms with E-state index in [9.17, 15) is 0 Å². The van der Waals surface area contributed by atoms with Gasteiger partial charge in [0.2, 0.25) is 0 Å². The smallest absolute Gasteiger partial charge is 0.166 e. The van der Waals surface area contributed by atoms with Crippen LogP contribution in [-0.2, 0) is 11.3 Å². The molecule has 0 amide bonds. The van der Waals surface area contributed by atoms with Crippen molar-refractivity contribution in [2.75, 3.05) is 19.7 Å². The number of halogens is 1. The minimum Gasteiger partial charge on any atom is -0.376 e. The minimum absolute atomic E-state index is 0.311. The van der Waals surface area contributed by atoms with Crippen molar-refractivity contribution in [3.05, 3.63) is 17.4 Å². The van der Waals surface area contributed by atoms with Crippen molar-refractivity contribution in [3.8, 4) is 0 Å². The highest BCUT2D eigenvalue weighted by Crippen LogP contribution is 2.10. The Kier molecular flexibility index (Phi) is 5.88. The summed E-state index contributed by atoms with van der Waals surface area (Å²) in [5.41, 5.74) is 0. The number of thiocarbonyl (C=S) groups is 1. The molecule has 2 N–H and O–H groups in total. The lowest BCUT2D eigenvalue weighted by atomic mass is 10.2. The number of rotatable bonds is 6. The SMILES string of the molecule is S=C(NCCCn1cc(Cl)cn1)NCC1CCCO1. The van der Waals surface area contributed by atoms with Gasteiger partial charge in [-0.05, 0) is 31.5 Å². The predicted octanol–water partition coefficient (Wildman–Crippen LogP) is 1.57. The van der Waals surface area contributed by atoms with Crippen molar-refractivity contribution < 1.29 is 4.74 Å². The van der Waals surface area contributed by atoms with Gasteiger partial charge in [-0.15, -0.1) is 0 Å². The van der Waals surface area contributed by atoms with Gasteiger partial charge >= 0.3 is 0 Å². The van der Waals surface area contributed by atoms with Crippen LogP contribution in [0, 0.1) is 0 Å². The molecule has 1 unspecified atom stereocenters. The highest BCUT2D eigenvalue weighted by Gasteiger charge is 2.14. The van der Waals surface area contributed by atoms with Gasteiger partial charge in [0, 0.05) is 32.4 Å². The number of aromatic nitrogens is 2. The van der Waals surface area contributed by atoms with Gasteiger partial charge in [0.15, 0.2) is 5.11 Å². The number of nitrogens with zero attached hydrogens (tertiary/aromatic N) is 2. The fourth-order valence-electron chi connectivity index (χ4n) is 1.98. The van der Waals surface area contributed by atoms with Crippen LogP contribution in [-0.4, -0.2) is 40.7 Å². The van der Waals surface area contributed by atoms with Gasteiger partial charge in [0.25, 0.3) is 0 Å². The monoisotopic (exact) mass is 302 g/mol. The molecule has 1 fully saturated rings. The lowest BCUT2D eigenvalue weighted by Gasteiger charge is -2.13. The van der Waals surface area contributed by atoms with Crippen LogP contribution in [0.3, 0.4) is 0 Å². The molecule has 0 bridgehead atoms. The summed E-state index contributed by atoms with van der Waals surface area (Å²) >= 11 is 11.0. The highest BCUT2D eigenvalue weighted by molar-refractivity contribution is 7.80.